The molecule has 4 aromatic rings. The van der Waals surface area contributed by atoms with Crippen molar-refractivity contribution in [3.63, 3.8) is 0 Å². The number of nitrogens with one attached hydrogen (secondary N) is 1. The highest BCUT2D eigenvalue weighted by Crippen LogP contribution is 2.55. The average Bonchev–Trinajstić information content (AvgIpc) is 3.51. The molecule has 2 heterocycles. The Morgan fingerprint density at radius 1 is 1.00 bits per heavy atom. The summed E-state index contributed by atoms with van der Waals surface area (Å²) in [6.07, 6.45) is 6.61. The standard InChI is InChI=1S/C27H27N3OS/c1-3-15-27(16-17-27)21-12-7-8-14-23(21)31-25-22(13-9-18-28-25)30-26-29-19(2)24(32-26)20-10-5-4-6-11-20/h4-14,18H,3,15-17H2,1-2H3,(H,29,30). The Balaban J connectivity index is 1.42. The van der Waals surface area contributed by atoms with E-state index in [9.17, 15) is 0 Å². The van der Waals surface area contributed by atoms with E-state index in [1.165, 1.54) is 41.7 Å². The van der Waals surface area contributed by atoms with Crippen LogP contribution in [0.5, 0.6) is 11.6 Å². The highest BCUT2D eigenvalue weighted by atomic mass is 32.1. The zero-order valence-corrected chi connectivity index (χ0v) is 19.3. The summed E-state index contributed by atoms with van der Waals surface area (Å²) in [5, 5.41) is 4.27. The summed E-state index contributed by atoms with van der Waals surface area (Å²) in [4.78, 5) is 10.5. The van der Waals surface area contributed by atoms with Crippen molar-refractivity contribution in [2.24, 2.45) is 0 Å². The minimum Gasteiger partial charge on any atom is -0.437 e. The highest BCUT2D eigenvalue weighted by Gasteiger charge is 2.45. The third-order valence-corrected chi connectivity index (χ3v) is 7.21. The van der Waals surface area contributed by atoms with Gasteiger partial charge in [0.2, 0.25) is 5.88 Å². The lowest BCUT2D eigenvalue weighted by Gasteiger charge is -2.19. The average molecular weight is 442 g/mol. The Morgan fingerprint density at radius 2 is 1.78 bits per heavy atom. The summed E-state index contributed by atoms with van der Waals surface area (Å²) < 4.78 is 6.41. The summed E-state index contributed by atoms with van der Waals surface area (Å²) in [5.74, 6) is 1.47. The van der Waals surface area contributed by atoms with Gasteiger partial charge in [-0.25, -0.2) is 9.97 Å². The van der Waals surface area contributed by atoms with Crippen LogP contribution in [0.2, 0.25) is 0 Å². The molecule has 1 aliphatic carbocycles. The van der Waals surface area contributed by atoms with Crippen molar-refractivity contribution in [2.75, 3.05) is 5.32 Å². The zero-order chi connectivity index (χ0) is 22.0. The van der Waals surface area contributed by atoms with Crippen molar-refractivity contribution in [1.82, 2.24) is 9.97 Å². The molecule has 1 aliphatic rings. The number of benzene rings is 2. The number of nitrogens with zero attached hydrogens (tertiary/aromatic N) is 2. The third-order valence-electron chi connectivity index (χ3n) is 6.09. The number of thiazole rings is 1. The number of rotatable bonds is 8. The zero-order valence-electron chi connectivity index (χ0n) is 18.5. The summed E-state index contributed by atoms with van der Waals surface area (Å²) in [6.45, 7) is 4.30. The molecule has 2 aromatic heterocycles. The third kappa shape index (κ3) is 4.13. The first-order valence-corrected chi connectivity index (χ1v) is 12.0. The number of hydrogen-bond donors (Lipinski definition) is 1. The van der Waals surface area contributed by atoms with Gasteiger partial charge < -0.3 is 10.1 Å². The fraction of sp³-hybridized carbons (Fsp3) is 0.259. The molecule has 0 bridgehead atoms. The molecule has 1 saturated carbocycles. The molecular weight excluding hydrogens is 414 g/mol. The predicted molar refractivity (Wildman–Crippen MR) is 132 cm³/mol. The quantitative estimate of drug-likeness (QED) is 0.302. The van der Waals surface area contributed by atoms with Gasteiger partial charge in [-0.1, -0.05) is 73.2 Å². The van der Waals surface area contributed by atoms with Gasteiger partial charge in [0.1, 0.15) is 11.4 Å². The molecule has 2 aromatic carbocycles. The number of aromatic nitrogens is 2. The monoisotopic (exact) mass is 441 g/mol. The fourth-order valence-corrected chi connectivity index (χ4v) is 5.36. The van der Waals surface area contributed by atoms with Gasteiger partial charge in [0.15, 0.2) is 5.13 Å². The van der Waals surface area contributed by atoms with Gasteiger partial charge in [-0.2, -0.15) is 0 Å². The van der Waals surface area contributed by atoms with E-state index in [1.54, 1.807) is 17.5 Å². The largest absolute Gasteiger partial charge is 0.437 e. The SMILES string of the molecule is CCCC1(c2ccccc2Oc2ncccc2Nc2nc(C)c(-c3ccccc3)s2)CC1. The molecule has 5 rings (SSSR count). The molecule has 1 fully saturated rings. The number of pyridine rings is 1. The molecule has 1 N–H and O–H groups in total. The minimum atomic E-state index is 0.269. The molecule has 5 heteroatoms. The lowest BCUT2D eigenvalue weighted by molar-refractivity contribution is 0.447. The maximum Gasteiger partial charge on any atom is 0.243 e. The van der Waals surface area contributed by atoms with Gasteiger partial charge in [-0.3, -0.25) is 0 Å². The van der Waals surface area contributed by atoms with Crippen LogP contribution in [-0.4, -0.2) is 9.97 Å². The van der Waals surface area contributed by atoms with E-state index in [2.05, 4.69) is 59.7 Å². The molecule has 0 spiro atoms. The van der Waals surface area contributed by atoms with E-state index in [0.717, 1.165) is 22.3 Å². The molecule has 162 valence electrons. The molecule has 0 amide bonds. The van der Waals surface area contributed by atoms with E-state index in [1.807, 2.05) is 31.2 Å². The Labute approximate surface area is 193 Å². The minimum absolute atomic E-state index is 0.269. The topological polar surface area (TPSA) is 47.0 Å². The van der Waals surface area contributed by atoms with Gasteiger partial charge in [0.25, 0.3) is 0 Å². The van der Waals surface area contributed by atoms with E-state index in [0.29, 0.717) is 5.88 Å². The summed E-state index contributed by atoms with van der Waals surface area (Å²) >= 11 is 1.64. The van der Waals surface area contributed by atoms with Crippen LogP contribution in [0.15, 0.2) is 72.9 Å². The summed E-state index contributed by atoms with van der Waals surface area (Å²) in [6, 6.07) is 22.7. The molecule has 0 atom stereocenters. The molecule has 32 heavy (non-hydrogen) atoms. The van der Waals surface area contributed by atoms with Crippen LogP contribution in [0, 0.1) is 6.92 Å². The van der Waals surface area contributed by atoms with Crippen LogP contribution in [0.1, 0.15) is 43.9 Å². The first-order valence-electron chi connectivity index (χ1n) is 11.2. The van der Waals surface area contributed by atoms with Crippen LogP contribution in [-0.2, 0) is 5.41 Å². The second kappa shape index (κ2) is 8.75. The second-order valence-electron chi connectivity index (χ2n) is 8.41. The Morgan fingerprint density at radius 3 is 2.56 bits per heavy atom. The molecular formula is C27H27N3OS. The Kier molecular flexibility index (Phi) is 5.66. The molecule has 4 nitrogen and oxygen atoms in total. The number of aryl methyl sites for hydroxylation is 1. The predicted octanol–water partition coefficient (Wildman–Crippen LogP) is 7.88. The molecule has 0 aliphatic heterocycles. The van der Waals surface area contributed by atoms with Crippen molar-refractivity contribution >= 4 is 22.2 Å². The van der Waals surface area contributed by atoms with E-state index in [4.69, 9.17) is 9.72 Å². The lowest BCUT2D eigenvalue weighted by Crippen LogP contribution is -2.08. The van der Waals surface area contributed by atoms with Gasteiger partial charge in [-0.15, -0.1) is 0 Å². The van der Waals surface area contributed by atoms with Crippen LogP contribution in [0.25, 0.3) is 10.4 Å². The molecule has 0 radical (unpaired) electrons. The first-order chi connectivity index (χ1) is 15.7. The number of ether oxygens (including phenoxy) is 1. The first kappa shape index (κ1) is 20.7. The highest BCUT2D eigenvalue weighted by molar-refractivity contribution is 7.19. The van der Waals surface area contributed by atoms with Gasteiger partial charge >= 0.3 is 0 Å². The van der Waals surface area contributed by atoms with Crippen molar-refractivity contribution in [3.05, 3.63) is 84.2 Å². The van der Waals surface area contributed by atoms with Crippen LogP contribution < -0.4 is 10.1 Å². The number of anilines is 2. The van der Waals surface area contributed by atoms with Crippen LogP contribution in [0.3, 0.4) is 0 Å². The smallest absolute Gasteiger partial charge is 0.243 e. The number of para-hydroxylation sites is 1. The number of hydrogen-bond acceptors (Lipinski definition) is 5. The van der Waals surface area contributed by atoms with Gasteiger partial charge in [0.05, 0.1) is 10.6 Å². The Bertz CT molecular complexity index is 1210. The van der Waals surface area contributed by atoms with Gasteiger partial charge in [0, 0.05) is 11.8 Å². The summed E-state index contributed by atoms with van der Waals surface area (Å²) in [5.41, 5.74) is 4.57. The van der Waals surface area contributed by atoms with E-state index in [-0.39, 0.29) is 5.41 Å². The summed E-state index contributed by atoms with van der Waals surface area (Å²) in [7, 11) is 0. The van der Waals surface area contributed by atoms with Crippen LogP contribution >= 0.6 is 11.3 Å². The lowest BCUT2D eigenvalue weighted by atomic mass is 9.90. The van der Waals surface area contributed by atoms with Crippen molar-refractivity contribution in [2.45, 2.75) is 44.9 Å². The maximum absolute atomic E-state index is 6.41. The van der Waals surface area contributed by atoms with E-state index < -0.39 is 0 Å². The van der Waals surface area contributed by atoms with Crippen molar-refractivity contribution in [3.8, 4) is 22.1 Å². The van der Waals surface area contributed by atoms with E-state index >= 15 is 0 Å². The maximum atomic E-state index is 6.41. The molecule has 0 saturated heterocycles. The van der Waals surface area contributed by atoms with Crippen LogP contribution in [0.4, 0.5) is 10.8 Å². The van der Waals surface area contributed by atoms with Crippen molar-refractivity contribution in [1.29, 1.82) is 0 Å². The molecule has 0 unspecified atom stereocenters. The van der Waals surface area contributed by atoms with Gasteiger partial charge in [-0.05, 0) is 55.4 Å². The second-order valence-corrected chi connectivity index (χ2v) is 9.41. The Hall–Kier alpha value is -3.18. The normalized spacial score (nSPS) is 14.2. The fourth-order valence-electron chi connectivity index (χ4n) is 4.37. The van der Waals surface area contributed by atoms with Crippen molar-refractivity contribution < 1.29 is 4.74 Å².